The summed E-state index contributed by atoms with van der Waals surface area (Å²) >= 11 is 0. The lowest BCUT2D eigenvalue weighted by atomic mass is 10.1. The van der Waals surface area contributed by atoms with Gasteiger partial charge in [-0.2, -0.15) is 5.10 Å². The van der Waals surface area contributed by atoms with E-state index in [2.05, 4.69) is 22.5 Å². The predicted molar refractivity (Wildman–Crippen MR) is 109 cm³/mol. The van der Waals surface area contributed by atoms with E-state index >= 15 is 0 Å². The number of nitrogens with zero attached hydrogens (tertiary/aromatic N) is 2. The topological polar surface area (TPSA) is 95.6 Å². The lowest BCUT2D eigenvalue weighted by Gasteiger charge is -2.07. The van der Waals surface area contributed by atoms with Crippen molar-refractivity contribution in [2.45, 2.75) is 32.8 Å². The Balaban J connectivity index is 1.43. The number of aromatic nitrogens is 2. The van der Waals surface area contributed by atoms with Gasteiger partial charge in [0, 0.05) is 7.05 Å². The lowest BCUT2D eigenvalue weighted by molar-refractivity contribution is 0.0589. The molecular weight excluding hydrogens is 386 g/mol. The number of carbonyl (C=O) groups is 2. The van der Waals surface area contributed by atoms with Gasteiger partial charge in [-0.05, 0) is 61.6 Å². The normalized spacial score (nSPS) is 12.5. The van der Waals surface area contributed by atoms with Gasteiger partial charge in [0.15, 0.2) is 11.5 Å². The van der Waals surface area contributed by atoms with E-state index in [-0.39, 0.29) is 18.1 Å². The molecule has 0 radical (unpaired) electrons. The largest absolute Gasteiger partial charge is 0.486 e. The molecule has 0 aliphatic heterocycles. The molecule has 0 spiro atoms. The Morgan fingerprint density at radius 3 is 2.80 bits per heavy atom. The summed E-state index contributed by atoms with van der Waals surface area (Å²) in [7, 11) is 2.88. The van der Waals surface area contributed by atoms with Gasteiger partial charge in [-0.15, -0.1) is 0 Å². The van der Waals surface area contributed by atoms with Crippen molar-refractivity contribution in [3.63, 3.8) is 0 Å². The summed E-state index contributed by atoms with van der Waals surface area (Å²) in [6, 6.07) is 9.40. The van der Waals surface area contributed by atoms with Crippen molar-refractivity contribution < 1.29 is 23.5 Å². The molecule has 0 saturated carbocycles. The number of aryl methyl sites for hydroxylation is 4. The fourth-order valence-electron chi connectivity index (χ4n) is 3.68. The zero-order valence-corrected chi connectivity index (χ0v) is 17.2. The molecule has 1 N–H and O–H groups in total. The van der Waals surface area contributed by atoms with Crippen molar-refractivity contribution in [3.8, 4) is 5.75 Å². The zero-order valence-electron chi connectivity index (χ0n) is 17.2. The van der Waals surface area contributed by atoms with Gasteiger partial charge < -0.3 is 19.2 Å². The molecule has 2 heterocycles. The van der Waals surface area contributed by atoms with E-state index in [1.165, 1.54) is 29.3 Å². The van der Waals surface area contributed by atoms with E-state index in [9.17, 15) is 9.59 Å². The van der Waals surface area contributed by atoms with Crippen molar-refractivity contribution in [1.82, 2.24) is 9.78 Å². The van der Waals surface area contributed by atoms with Crippen LogP contribution in [0.2, 0.25) is 0 Å². The molecule has 1 aromatic carbocycles. The van der Waals surface area contributed by atoms with Crippen LogP contribution < -0.4 is 10.1 Å². The number of methoxy groups -OCH3 is 1. The first-order chi connectivity index (χ1) is 14.5. The van der Waals surface area contributed by atoms with E-state index in [4.69, 9.17) is 13.9 Å². The van der Waals surface area contributed by atoms with Crippen LogP contribution in [0, 0.1) is 6.92 Å². The van der Waals surface area contributed by atoms with Crippen LogP contribution in [0.5, 0.6) is 5.75 Å². The van der Waals surface area contributed by atoms with Crippen LogP contribution >= 0.6 is 0 Å². The van der Waals surface area contributed by atoms with Crippen molar-refractivity contribution in [3.05, 3.63) is 64.4 Å². The average Bonchev–Trinajstić information content (AvgIpc) is 3.45. The Morgan fingerprint density at radius 1 is 1.20 bits per heavy atom. The number of rotatable bonds is 6. The van der Waals surface area contributed by atoms with Crippen LogP contribution in [0.1, 0.15) is 50.0 Å². The smallest absolute Gasteiger partial charge is 0.358 e. The minimum absolute atomic E-state index is 0.113. The molecule has 1 aliphatic carbocycles. The minimum Gasteiger partial charge on any atom is -0.486 e. The summed E-state index contributed by atoms with van der Waals surface area (Å²) in [4.78, 5) is 24.6. The van der Waals surface area contributed by atoms with Gasteiger partial charge in [-0.1, -0.05) is 6.07 Å². The first-order valence-electron chi connectivity index (χ1n) is 9.73. The summed E-state index contributed by atoms with van der Waals surface area (Å²) < 4.78 is 17.6. The molecule has 8 heteroatoms. The Morgan fingerprint density at radius 2 is 2.00 bits per heavy atom. The highest BCUT2D eigenvalue weighted by atomic mass is 16.5. The number of fused-ring (bicyclic) bond motifs is 1. The van der Waals surface area contributed by atoms with E-state index in [1.54, 1.807) is 26.1 Å². The van der Waals surface area contributed by atoms with E-state index in [0.717, 1.165) is 18.6 Å². The number of carbonyl (C=O) groups excluding carboxylic acids is 2. The fourth-order valence-corrected chi connectivity index (χ4v) is 3.68. The van der Waals surface area contributed by atoms with Gasteiger partial charge in [0.2, 0.25) is 0 Å². The maximum absolute atomic E-state index is 12.6. The summed E-state index contributed by atoms with van der Waals surface area (Å²) in [5.41, 5.74) is 3.67. The van der Waals surface area contributed by atoms with Gasteiger partial charge in [0.25, 0.3) is 5.91 Å². The van der Waals surface area contributed by atoms with Crippen molar-refractivity contribution in [1.29, 1.82) is 0 Å². The number of esters is 1. The Hall–Kier alpha value is -3.55. The third kappa shape index (κ3) is 3.80. The molecule has 0 fully saturated rings. The molecule has 0 bridgehead atoms. The third-order valence-electron chi connectivity index (χ3n) is 5.18. The maximum atomic E-state index is 12.6. The average molecular weight is 409 g/mol. The number of anilines is 1. The Labute approximate surface area is 173 Å². The van der Waals surface area contributed by atoms with Gasteiger partial charge in [0.1, 0.15) is 18.1 Å². The lowest BCUT2D eigenvalue weighted by Crippen LogP contribution is -2.16. The maximum Gasteiger partial charge on any atom is 0.358 e. The molecule has 156 valence electrons. The number of benzene rings is 1. The van der Waals surface area contributed by atoms with E-state index < -0.39 is 11.9 Å². The third-order valence-corrected chi connectivity index (χ3v) is 5.18. The SMILES string of the molecule is COC(=O)c1c(NC(=O)c2ccc(COc3ccc4c(c3)CCC4)o2)c(C)nn1C. The fraction of sp³-hybridized carbons (Fsp3) is 0.318. The molecule has 3 aromatic rings. The van der Waals surface area contributed by atoms with E-state index in [1.807, 2.05) is 6.07 Å². The molecule has 0 atom stereocenters. The number of amides is 1. The highest BCUT2D eigenvalue weighted by molar-refractivity contribution is 6.06. The van der Waals surface area contributed by atoms with Gasteiger partial charge in [-0.3, -0.25) is 9.48 Å². The standard InChI is InChI=1S/C22H23N3O5/c1-13-19(20(22(27)28-3)25(2)24-13)23-21(26)18-10-9-17(30-18)12-29-16-8-7-14-5-4-6-15(14)11-16/h7-11H,4-6,12H2,1-3H3,(H,23,26). The van der Waals surface area contributed by atoms with Crippen LogP contribution in [-0.4, -0.2) is 28.8 Å². The molecular formula is C22H23N3O5. The Kier molecular flexibility index (Phi) is 5.31. The molecule has 0 saturated heterocycles. The number of nitrogens with one attached hydrogen (secondary N) is 1. The quantitative estimate of drug-likeness (QED) is 0.627. The van der Waals surface area contributed by atoms with Crippen LogP contribution in [-0.2, 0) is 31.2 Å². The second-order valence-corrected chi connectivity index (χ2v) is 7.22. The Bertz CT molecular complexity index is 1110. The van der Waals surface area contributed by atoms with Crippen molar-refractivity contribution in [2.75, 3.05) is 12.4 Å². The number of hydrogen-bond donors (Lipinski definition) is 1. The van der Waals surface area contributed by atoms with Gasteiger partial charge in [-0.25, -0.2) is 4.79 Å². The number of ether oxygens (including phenoxy) is 2. The summed E-state index contributed by atoms with van der Waals surface area (Å²) in [5.74, 6) is 0.349. The molecule has 8 nitrogen and oxygen atoms in total. The second kappa shape index (κ2) is 8.06. The summed E-state index contributed by atoms with van der Waals surface area (Å²) in [6.45, 7) is 1.91. The van der Waals surface area contributed by atoms with Crippen LogP contribution in [0.15, 0.2) is 34.7 Å². The highest BCUT2D eigenvalue weighted by Crippen LogP contribution is 2.27. The van der Waals surface area contributed by atoms with E-state index in [0.29, 0.717) is 17.1 Å². The monoisotopic (exact) mass is 409 g/mol. The summed E-state index contributed by atoms with van der Waals surface area (Å²) in [6.07, 6.45) is 3.39. The van der Waals surface area contributed by atoms with Gasteiger partial charge >= 0.3 is 5.97 Å². The number of hydrogen-bond acceptors (Lipinski definition) is 6. The second-order valence-electron chi connectivity index (χ2n) is 7.22. The number of furan rings is 1. The molecule has 1 amide bonds. The molecule has 30 heavy (non-hydrogen) atoms. The van der Waals surface area contributed by atoms with Crippen molar-refractivity contribution >= 4 is 17.6 Å². The predicted octanol–water partition coefficient (Wildman–Crippen LogP) is 3.43. The van der Waals surface area contributed by atoms with Gasteiger partial charge in [0.05, 0.1) is 18.5 Å². The molecule has 1 aliphatic rings. The molecule has 2 aromatic heterocycles. The molecule has 0 unspecified atom stereocenters. The van der Waals surface area contributed by atoms with Crippen LogP contribution in [0.4, 0.5) is 5.69 Å². The first kappa shape index (κ1) is 19.8. The zero-order chi connectivity index (χ0) is 21.3. The minimum atomic E-state index is -0.587. The van der Waals surface area contributed by atoms with Crippen LogP contribution in [0.25, 0.3) is 0 Å². The molecule has 4 rings (SSSR count). The first-order valence-corrected chi connectivity index (χ1v) is 9.73. The summed E-state index contributed by atoms with van der Waals surface area (Å²) in [5, 5.41) is 6.86. The van der Waals surface area contributed by atoms with Crippen LogP contribution in [0.3, 0.4) is 0 Å². The highest BCUT2D eigenvalue weighted by Gasteiger charge is 2.24. The van der Waals surface area contributed by atoms with Crippen molar-refractivity contribution in [2.24, 2.45) is 7.05 Å².